The van der Waals surface area contributed by atoms with Crippen molar-refractivity contribution in [2.24, 2.45) is 0 Å². The third kappa shape index (κ3) is 3.37. The van der Waals surface area contributed by atoms with Gasteiger partial charge in [-0.2, -0.15) is 0 Å². The molecule has 0 amide bonds. The maximum absolute atomic E-state index is 10.4. The lowest BCUT2D eigenvalue weighted by Crippen LogP contribution is -2.11. The Hall–Kier alpha value is -1.31. The Morgan fingerprint density at radius 3 is 2.11 bits per heavy atom. The molecule has 2 heteroatoms. The van der Waals surface area contributed by atoms with Gasteiger partial charge in [0.2, 0.25) is 0 Å². The summed E-state index contributed by atoms with van der Waals surface area (Å²) < 4.78 is 0. The second kappa shape index (κ2) is 5.36. The van der Waals surface area contributed by atoms with Crippen molar-refractivity contribution in [1.29, 1.82) is 0 Å². The summed E-state index contributed by atoms with van der Waals surface area (Å²) in [6.07, 6.45) is -0.632. The number of aliphatic hydroxyl groups is 1. The van der Waals surface area contributed by atoms with E-state index in [2.05, 4.69) is 32.9 Å². The molecule has 0 heterocycles. The zero-order valence-electron chi connectivity index (χ0n) is 11.5. The van der Waals surface area contributed by atoms with Gasteiger partial charge >= 0.3 is 0 Å². The molecule has 1 nitrogen and oxygen atoms in total. The molecule has 2 aromatic carbocycles. The molecule has 0 aliphatic heterocycles. The predicted octanol–water partition coefficient (Wildman–Crippen LogP) is 4.72. The van der Waals surface area contributed by atoms with Crippen LogP contribution in [0.3, 0.4) is 0 Å². The molecule has 0 spiro atoms. The Morgan fingerprint density at radius 1 is 0.947 bits per heavy atom. The van der Waals surface area contributed by atoms with Crippen molar-refractivity contribution in [2.75, 3.05) is 0 Å². The van der Waals surface area contributed by atoms with E-state index >= 15 is 0 Å². The molecule has 0 bridgehead atoms. The van der Waals surface area contributed by atoms with Crippen molar-refractivity contribution in [1.82, 2.24) is 0 Å². The fourth-order valence-corrected chi connectivity index (χ4v) is 2.23. The highest BCUT2D eigenvalue weighted by Gasteiger charge is 2.15. The van der Waals surface area contributed by atoms with Crippen LogP contribution in [-0.4, -0.2) is 5.11 Å². The van der Waals surface area contributed by atoms with Crippen molar-refractivity contribution in [3.63, 3.8) is 0 Å². The van der Waals surface area contributed by atoms with Gasteiger partial charge in [-0.05, 0) is 34.2 Å². The van der Waals surface area contributed by atoms with Gasteiger partial charge in [0.15, 0.2) is 0 Å². The first-order valence-corrected chi connectivity index (χ1v) is 6.80. The highest BCUT2D eigenvalue weighted by Crippen LogP contribution is 2.27. The summed E-state index contributed by atoms with van der Waals surface area (Å²) in [5.41, 5.74) is 3.08. The summed E-state index contributed by atoms with van der Waals surface area (Å²) in [6.45, 7) is 6.53. The van der Waals surface area contributed by atoms with E-state index in [-0.39, 0.29) is 5.41 Å². The zero-order chi connectivity index (χ0) is 14.0. The Bertz CT molecular complexity index is 552. The number of aliphatic hydroxyl groups excluding tert-OH is 1. The van der Waals surface area contributed by atoms with Gasteiger partial charge in [-0.25, -0.2) is 0 Å². The van der Waals surface area contributed by atoms with E-state index in [4.69, 9.17) is 11.6 Å². The van der Waals surface area contributed by atoms with Gasteiger partial charge in [0.25, 0.3) is 0 Å². The summed E-state index contributed by atoms with van der Waals surface area (Å²) >= 11 is 5.95. The Morgan fingerprint density at radius 2 is 1.58 bits per heavy atom. The molecule has 1 atom stereocenters. The third-order valence-corrected chi connectivity index (χ3v) is 3.49. The highest BCUT2D eigenvalue weighted by atomic mass is 35.5. The number of hydrogen-bond acceptors (Lipinski definition) is 1. The summed E-state index contributed by atoms with van der Waals surface area (Å²) in [5, 5.41) is 11.0. The first-order valence-electron chi connectivity index (χ1n) is 6.42. The second-order valence-corrected chi connectivity index (χ2v) is 6.27. The first kappa shape index (κ1) is 14.1. The van der Waals surface area contributed by atoms with Crippen LogP contribution in [-0.2, 0) is 5.41 Å². The van der Waals surface area contributed by atoms with Crippen LogP contribution in [0, 0.1) is 0 Å². The van der Waals surface area contributed by atoms with E-state index in [1.807, 2.05) is 24.3 Å². The lowest BCUT2D eigenvalue weighted by atomic mass is 9.86. The number of hydrogen-bond donors (Lipinski definition) is 1. The Balaban J connectivity index is 2.27. The quantitative estimate of drug-likeness (QED) is 0.840. The maximum Gasteiger partial charge on any atom is 0.104 e. The minimum Gasteiger partial charge on any atom is -0.384 e. The van der Waals surface area contributed by atoms with Crippen LogP contribution in [0.15, 0.2) is 48.5 Å². The fourth-order valence-electron chi connectivity index (χ4n) is 2.03. The molecule has 0 aliphatic carbocycles. The normalized spacial score (nSPS) is 13.3. The largest absolute Gasteiger partial charge is 0.384 e. The van der Waals surface area contributed by atoms with Crippen molar-refractivity contribution in [3.05, 3.63) is 70.2 Å². The van der Waals surface area contributed by atoms with Gasteiger partial charge < -0.3 is 5.11 Å². The lowest BCUT2D eigenvalue weighted by molar-refractivity contribution is 0.220. The third-order valence-electron chi connectivity index (χ3n) is 3.26. The van der Waals surface area contributed by atoms with E-state index in [9.17, 15) is 5.11 Å². The predicted molar refractivity (Wildman–Crippen MR) is 80.7 cm³/mol. The summed E-state index contributed by atoms with van der Waals surface area (Å²) in [6, 6.07) is 15.4. The van der Waals surface area contributed by atoms with Gasteiger partial charge in [0.05, 0.1) is 0 Å². The molecule has 0 saturated heterocycles. The minimum absolute atomic E-state index is 0.125. The van der Waals surface area contributed by atoms with Crippen LogP contribution in [0.1, 0.15) is 43.6 Å². The van der Waals surface area contributed by atoms with Crippen LogP contribution in [0.25, 0.3) is 0 Å². The molecule has 0 aliphatic rings. The van der Waals surface area contributed by atoms with Crippen LogP contribution >= 0.6 is 11.6 Å². The van der Waals surface area contributed by atoms with Gasteiger partial charge in [-0.15, -0.1) is 0 Å². The maximum atomic E-state index is 10.4. The molecular formula is C17H19ClO. The number of rotatable bonds is 2. The van der Waals surface area contributed by atoms with E-state index in [0.29, 0.717) is 5.02 Å². The second-order valence-electron chi connectivity index (χ2n) is 5.83. The molecule has 100 valence electrons. The van der Waals surface area contributed by atoms with E-state index < -0.39 is 6.10 Å². The highest BCUT2D eigenvalue weighted by molar-refractivity contribution is 6.30. The number of halogens is 1. The minimum atomic E-state index is -0.632. The van der Waals surface area contributed by atoms with Gasteiger partial charge in [-0.3, -0.25) is 0 Å². The van der Waals surface area contributed by atoms with Crippen LogP contribution in [0.4, 0.5) is 0 Å². The van der Waals surface area contributed by atoms with E-state index in [0.717, 1.165) is 11.1 Å². The van der Waals surface area contributed by atoms with Crippen molar-refractivity contribution in [2.45, 2.75) is 32.3 Å². The molecule has 2 aromatic rings. The molecule has 19 heavy (non-hydrogen) atoms. The first-order chi connectivity index (χ1) is 8.88. The topological polar surface area (TPSA) is 20.2 Å². The summed E-state index contributed by atoms with van der Waals surface area (Å²) in [4.78, 5) is 0. The standard InChI is InChI=1S/C17H19ClO/c1-17(2,3)14-9-7-12(8-10-14)16(19)13-5-4-6-15(18)11-13/h4-11,16,19H,1-3H3/t16-/m0/s1. The van der Waals surface area contributed by atoms with Gasteiger partial charge in [0, 0.05) is 5.02 Å². The molecule has 0 fully saturated rings. The number of benzene rings is 2. The van der Waals surface area contributed by atoms with E-state index in [1.165, 1.54) is 5.56 Å². The molecular weight excluding hydrogens is 256 g/mol. The molecule has 0 radical (unpaired) electrons. The summed E-state index contributed by atoms with van der Waals surface area (Å²) in [5.74, 6) is 0. The van der Waals surface area contributed by atoms with E-state index in [1.54, 1.807) is 12.1 Å². The molecule has 1 N–H and O–H groups in total. The molecule has 0 unspecified atom stereocenters. The monoisotopic (exact) mass is 274 g/mol. The van der Waals surface area contributed by atoms with Crippen LogP contribution < -0.4 is 0 Å². The summed E-state index contributed by atoms with van der Waals surface area (Å²) in [7, 11) is 0. The average molecular weight is 275 g/mol. The Labute approximate surface area is 119 Å². The Kier molecular flexibility index (Phi) is 3.98. The van der Waals surface area contributed by atoms with Gasteiger partial charge in [0.1, 0.15) is 6.10 Å². The average Bonchev–Trinajstić information content (AvgIpc) is 2.37. The lowest BCUT2D eigenvalue weighted by Gasteiger charge is -2.20. The van der Waals surface area contributed by atoms with Crippen LogP contribution in [0.2, 0.25) is 5.02 Å². The van der Waals surface area contributed by atoms with Crippen LogP contribution in [0.5, 0.6) is 0 Å². The zero-order valence-corrected chi connectivity index (χ0v) is 12.3. The molecule has 2 rings (SSSR count). The molecule has 0 saturated carbocycles. The SMILES string of the molecule is CC(C)(C)c1ccc([C@H](O)c2cccc(Cl)c2)cc1. The van der Waals surface area contributed by atoms with Gasteiger partial charge in [-0.1, -0.05) is 68.8 Å². The van der Waals surface area contributed by atoms with Crippen molar-refractivity contribution >= 4 is 11.6 Å². The smallest absolute Gasteiger partial charge is 0.104 e. The van der Waals surface area contributed by atoms with Crippen molar-refractivity contribution < 1.29 is 5.11 Å². The molecule has 0 aromatic heterocycles. The van der Waals surface area contributed by atoms with Crippen molar-refractivity contribution in [3.8, 4) is 0 Å². The fraction of sp³-hybridized carbons (Fsp3) is 0.294.